The summed E-state index contributed by atoms with van der Waals surface area (Å²) in [5.74, 6) is -1.86. The fourth-order valence-corrected chi connectivity index (χ4v) is 10.7. The van der Waals surface area contributed by atoms with Crippen molar-refractivity contribution in [1.29, 1.82) is 0 Å². The van der Waals surface area contributed by atoms with Gasteiger partial charge in [-0.1, -0.05) is 87.7 Å². The van der Waals surface area contributed by atoms with Crippen LogP contribution in [0.3, 0.4) is 0 Å². The highest BCUT2D eigenvalue weighted by Crippen LogP contribution is 2.37. The Labute approximate surface area is 459 Å². The number of esters is 1. The molecule has 4 aromatic carbocycles. The smallest absolute Gasteiger partial charge is 0.329 e. The van der Waals surface area contributed by atoms with Crippen LogP contribution in [0.5, 0.6) is 17.2 Å². The maximum Gasteiger partial charge on any atom is 0.329 e. The van der Waals surface area contributed by atoms with E-state index in [4.69, 9.17) is 18.9 Å². The van der Waals surface area contributed by atoms with Crippen molar-refractivity contribution in [3.63, 3.8) is 0 Å². The van der Waals surface area contributed by atoms with Gasteiger partial charge >= 0.3 is 5.97 Å². The van der Waals surface area contributed by atoms with Crippen LogP contribution in [-0.2, 0) is 35.1 Å². The lowest BCUT2D eigenvalue weighted by Gasteiger charge is -2.37. The van der Waals surface area contributed by atoms with Crippen LogP contribution in [0.4, 0.5) is 0 Å². The van der Waals surface area contributed by atoms with Gasteiger partial charge in [0.15, 0.2) is 13.2 Å². The summed E-state index contributed by atoms with van der Waals surface area (Å²) in [6.45, 7) is 14.8. The number of ether oxygens (including phenoxy) is 4. The molecule has 1 unspecified atom stereocenters. The average Bonchev–Trinajstić information content (AvgIpc) is 3.68. The number of methoxy groups -OCH3 is 1. The Kier molecular flexibility index (Phi) is 20.7. The first-order chi connectivity index (χ1) is 37.6. The first kappa shape index (κ1) is 58.2. The third-order valence-corrected chi connectivity index (χ3v) is 15.3. The second-order valence-corrected chi connectivity index (χ2v) is 20.8. The summed E-state index contributed by atoms with van der Waals surface area (Å²) in [4.78, 5) is 96.5. The minimum absolute atomic E-state index is 0.0438. The molecule has 0 aliphatic carbocycles. The average molecular weight is 1070 g/mol. The van der Waals surface area contributed by atoms with Crippen molar-refractivity contribution < 1.29 is 52.5 Å². The monoisotopic (exact) mass is 1070 g/mol. The van der Waals surface area contributed by atoms with E-state index in [1.165, 1.54) is 17.7 Å². The molecule has 0 spiro atoms. The summed E-state index contributed by atoms with van der Waals surface area (Å²) in [6.07, 6.45) is 8.95. The number of allylic oxidation sites excluding steroid dienone is 1. The van der Waals surface area contributed by atoms with E-state index in [2.05, 4.69) is 61.5 Å². The number of aryl methyl sites for hydroxylation is 4. The summed E-state index contributed by atoms with van der Waals surface area (Å²) >= 11 is 0. The van der Waals surface area contributed by atoms with Crippen LogP contribution in [0, 0.1) is 27.7 Å². The van der Waals surface area contributed by atoms with E-state index in [1.807, 2.05) is 44.2 Å². The van der Waals surface area contributed by atoms with Gasteiger partial charge in [-0.05, 0) is 150 Å². The highest BCUT2D eigenvalue weighted by Gasteiger charge is 2.45. The van der Waals surface area contributed by atoms with Crippen molar-refractivity contribution >= 4 is 41.4 Å². The number of para-hydroxylation sites is 1. The van der Waals surface area contributed by atoms with Crippen LogP contribution >= 0.6 is 0 Å². The molecule has 16 heteroatoms. The summed E-state index contributed by atoms with van der Waals surface area (Å²) in [7, 11) is 1.64. The number of imide groups is 1. The van der Waals surface area contributed by atoms with E-state index in [-0.39, 0.29) is 60.2 Å². The number of rotatable bonds is 26. The number of likely N-dealkylation sites (tertiary alicyclic amines) is 1. The molecule has 416 valence electrons. The number of piperidine rings is 2. The topological polar surface area (TPSA) is 199 Å². The molecule has 3 N–H and O–H groups in total. The molecule has 4 aromatic rings. The zero-order chi connectivity index (χ0) is 55.9. The van der Waals surface area contributed by atoms with Crippen molar-refractivity contribution in [2.45, 2.75) is 149 Å². The minimum atomic E-state index is -0.949. The highest BCUT2D eigenvalue weighted by atomic mass is 16.5. The number of unbranched alkanes of at least 4 members (excludes halogenated alkanes) is 5. The minimum Gasteiger partial charge on any atom is -0.496 e. The molecule has 2 saturated heterocycles. The number of nitrogens with zero attached hydrogens (tertiary/aromatic N) is 2. The van der Waals surface area contributed by atoms with E-state index in [0.717, 1.165) is 89.8 Å². The Morgan fingerprint density at radius 2 is 1.40 bits per heavy atom. The molecule has 0 saturated carbocycles. The number of fused-ring (bicyclic) bond motifs is 1. The molecule has 6 amide bonds. The molecule has 4 atom stereocenters. The summed E-state index contributed by atoms with van der Waals surface area (Å²) in [5, 5.41) is 8.42. The van der Waals surface area contributed by atoms with Gasteiger partial charge in [0.2, 0.25) is 11.8 Å². The summed E-state index contributed by atoms with van der Waals surface area (Å²) < 4.78 is 23.9. The zero-order valence-electron chi connectivity index (χ0n) is 46.3. The number of amides is 6. The summed E-state index contributed by atoms with van der Waals surface area (Å²) in [6, 6.07) is 20.5. The van der Waals surface area contributed by atoms with Crippen LogP contribution in [0.2, 0.25) is 0 Å². The van der Waals surface area contributed by atoms with Crippen molar-refractivity contribution in [2.75, 3.05) is 40.0 Å². The van der Waals surface area contributed by atoms with E-state index < -0.39 is 41.9 Å². The van der Waals surface area contributed by atoms with E-state index >= 15 is 0 Å². The lowest BCUT2D eigenvalue weighted by atomic mass is 9.89. The third kappa shape index (κ3) is 14.5. The maximum absolute atomic E-state index is 14.5. The van der Waals surface area contributed by atoms with Crippen LogP contribution in [0.25, 0.3) is 0 Å². The number of carbonyl (C=O) groups is 7. The number of hydrogen-bond acceptors (Lipinski definition) is 11. The molecule has 0 radical (unpaired) electrons. The van der Waals surface area contributed by atoms with Crippen molar-refractivity contribution in [3.05, 3.63) is 135 Å². The second-order valence-electron chi connectivity index (χ2n) is 20.8. The van der Waals surface area contributed by atoms with Crippen LogP contribution < -0.4 is 30.2 Å². The zero-order valence-corrected chi connectivity index (χ0v) is 46.3. The van der Waals surface area contributed by atoms with Gasteiger partial charge in [0.25, 0.3) is 23.6 Å². The van der Waals surface area contributed by atoms with Gasteiger partial charge in [-0.3, -0.25) is 33.7 Å². The molecule has 3 aliphatic heterocycles. The van der Waals surface area contributed by atoms with Gasteiger partial charge in [-0.2, -0.15) is 0 Å². The largest absolute Gasteiger partial charge is 0.496 e. The molecule has 3 aliphatic rings. The van der Waals surface area contributed by atoms with Crippen LogP contribution in [-0.4, -0.2) is 103 Å². The predicted molar refractivity (Wildman–Crippen MR) is 296 cm³/mol. The van der Waals surface area contributed by atoms with Gasteiger partial charge in [-0.25, -0.2) is 4.79 Å². The van der Waals surface area contributed by atoms with Gasteiger partial charge in [-0.15, -0.1) is 0 Å². The fourth-order valence-electron chi connectivity index (χ4n) is 10.7. The van der Waals surface area contributed by atoms with Gasteiger partial charge in [0.1, 0.15) is 35.4 Å². The molecule has 0 aromatic heterocycles. The molecular weight excluding hydrogens is 991 g/mol. The summed E-state index contributed by atoms with van der Waals surface area (Å²) in [5.41, 5.74) is 7.84. The second kappa shape index (κ2) is 27.7. The first-order valence-electron chi connectivity index (χ1n) is 27.7. The van der Waals surface area contributed by atoms with Crippen molar-refractivity contribution in [3.8, 4) is 17.2 Å². The lowest BCUT2D eigenvalue weighted by molar-refractivity contribution is -0.162. The third-order valence-electron chi connectivity index (χ3n) is 15.3. The number of hydrogen-bond donors (Lipinski definition) is 3. The molecular formula is C62H77N5O11. The Morgan fingerprint density at radius 1 is 0.744 bits per heavy atom. The van der Waals surface area contributed by atoms with Crippen LogP contribution in [0.1, 0.15) is 162 Å². The fraction of sp³-hybridized carbons (Fsp3) is 0.468. The quantitative estimate of drug-likeness (QED) is 0.0308. The molecule has 0 bridgehead atoms. The Bertz CT molecular complexity index is 2840. The molecule has 16 nitrogen and oxygen atoms in total. The number of benzene rings is 4. The predicted octanol–water partition coefficient (Wildman–Crippen LogP) is 9.14. The maximum atomic E-state index is 14.5. The number of nitrogens with one attached hydrogen (secondary N) is 3. The molecule has 78 heavy (non-hydrogen) atoms. The van der Waals surface area contributed by atoms with Crippen molar-refractivity contribution in [2.24, 2.45) is 0 Å². The first-order valence-corrected chi connectivity index (χ1v) is 27.7. The van der Waals surface area contributed by atoms with Crippen molar-refractivity contribution in [1.82, 2.24) is 25.8 Å². The van der Waals surface area contributed by atoms with E-state index in [9.17, 15) is 33.6 Å². The normalized spacial score (nSPS) is 16.9. The Morgan fingerprint density at radius 3 is 2.05 bits per heavy atom. The molecule has 3 heterocycles. The number of carbonyl (C=O) groups excluding carboxylic acids is 7. The van der Waals surface area contributed by atoms with Gasteiger partial charge in [0.05, 0.1) is 24.2 Å². The Hall–Kier alpha value is -7.49. The van der Waals surface area contributed by atoms with E-state index in [1.54, 1.807) is 24.1 Å². The highest BCUT2D eigenvalue weighted by molar-refractivity contribution is 6.24. The Balaban J connectivity index is 0.849. The van der Waals surface area contributed by atoms with Gasteiger partial charge in [0, 0.05) is 30.9 Å². The molecule has 2 fully saturated rings. The molecule has 7 rings (SSSR count). The van der Waals surface area contributed by atoms with Crippen LogP contribution in [0.15, 0.2) is 85.1 Å². The lowest BCUT2D eigenvalue weighted by Crippen LogP contribution is -2.51. The van der Waals surface area contributed by atoms with E-state index in [0.29, 0.717) is 68.7 Å². The van der Waals surface area contributed by atoms with Gasteiger partial charge < -0.3 is 39.8 Å². The SMILES string of the molecule is C=C1CCC(N2C(=O)c3cccc(OCC(=O)NCCCCCCCCNC(=O)COc4ccccc4[C@@H](CCc4ccc(OC)c(C)c4)OC(=O)[C@@H]4CCCCN4C(=O)[C@@H](CC)c4cc(C)c(C)c(C)c4)c3C2=O)C(=O)N1. The standard InChI is InChI=1S/C62H77N5O11/c1-8-46(45-35-39(2)43(6)40(3)36-45)59(71)66-33-18-15-22-50(66)62(74)78-53(30-27-44-26-29-51(75-7)41(4)34-44)47-20-13-14-23-52(47)76-37-55(68)63-31-16-11-9-10-12-17-32-64-56(69)38-77-54-24-19-21-48-57(54)61(73)67(60(48)72)49-28-25-42(5)65-58(49)70/h13-14,19-21,23-24,26,29,34-36,46,49-50,53H,5,8-12,15-18,22,25,27-28,30-33,37-38H2,1-4,6-7H3,(H,63,68)(H,64,69)(H,65,70)/t46-,49?,50-,53+/m0/s1.